The van der Waals surface area contributed by atoms with Crippen LogP contribution in [-0.4, -0.2) is 39.6 Å². The van der Waals surface area contributed by atoms with Gasteiger partial charge in [-0.2, -0.15) is 0 Å². The van der Waals surface area contributed by atoms with E-state index in [1.807, 2.05) is 0 Å². The normalized spacial score (nSPS) is 23.4. The van der Waals surface area contributed by atoms with Crippen molar-refractivity contribution in [1.82, 2.24) is 0 Å². The van der Waals surface area contributed by atoms with Crippen LogP contribution >= 0.6 is 0 Å². The molecule has 0 aliphatic carbocycles. The van der Waals surface area contributed by atoms with Gasteiger partial charge in [-0.15, -0.1) is 0 Å². The molecule has 2 aromatic rings. The molecule has 0 saturated carbocycles. The van der Waals surface area contributed by atoms with E-state index < -0.39 is 35.3 Å². The number of Topliss-reactive ketones (excluding diaryl/α,β-unsaturated/α-hetero) is 1. The number of benzene rings is 2. The summed E-state index contributed by atoms with van der Waals surface area (Å²) in [5.41, 5.74) is -1.89. The van der Waals surface area contributed by atoms with Crippen molar-refractivity contribution in [1.29, 1.82) is 0 Å². The number of hydrogen-bond donors (Lipinski definition) is 2. The molecular formula is C18H14O6. The maximum Gasteiger partial charge on any atom is 0.357 e. The third-order valence-electron chi connectivity index (χ3n) is 4.03. The number of cyclic esters (lactones) is 2. The van der Waals surface area contributed by atoms with Gasteiger partial charge in [-0.1, -0.05) is 60.7 Å². The molecule has 1 aliphatic rings. The van der Waals surface area contributed by atoms with Gasteiger partial charge < -0.3 is 14.9 Å². The highest BCUT2D eigenvalue weighted by atomic mass is 16.6. The molecule has 1 aliphatic heterocycles. The van der Waals surface area contributed by atoms with Gasteiger partial charge in [0, 0.05) is 0 Å². The Morgan fingerprint density at radius 2 is 1.42 bits per heavy atom. The van der Waals surface area contributed by atoms with Gasteiger partial charge in [-0.05, 0) is 11.1 Å². The largest absolute Gasteiger partial charge is 0.388 e. The summed E-state index contributed by atoms with van der Waals surface area (Å²) >= 11 is 0. The molecule has 0 radical (unpaired) electrons. The predicted molar refractivity (Wildman–Crippen MR) is 81.8 cm³/mol. The van der Waals surface area contributed by atoms with Crippen molar-refractivity contribution < 1.29 is 29.3 Å². The van der Waals surface area contributed by atoms with E-state index in [-0.39, 0.29) is 0 Å². The van der Waals surface area contributed by atoms with Crippen LogP contribution in [0.4, 0.5) is 0 Å². The average molecular weight is 326 g/mol. The first-order valence-electron chi connectivity index (χ1n) is 7.27. The Hall–Kier alpha value is -2.83. The standard InChI is InChI=1S/C18H14O6/c19-14(18(23)15(20)16(21)24-17(18)22)13(11-7-3-1-4-8-11)12-9-5-2-6-10-12/h1-10,13,15,20,23H. The van der Waals surface area contributed by atoms with Crippen LogP contribution in [0.5, 0.6) is 0 Å². The van der Waals surface area contributed by atoms with Crippen LogP contribution in [0, 0.1) is 0 Å². The van der Waals surface area contributed by atoms with Gasteiger partial charge in [0.25, 0.3) is 5.60 Å². The monoisotopic (exact) mass is 326 g/mol. The molecule has 3 rings (SSSR count). The Labute approximate surface area is 137 Å². The van der Waals surface area contributed by atoms with Gasteiger partial charge >= 0.3 is 11.9 Å². The van der Waals surface area contributed by atoms with Crippen molar-refractivity contribution in [3.63, 3.8) is 0 Å². The van der Waals surface area contributed by atoms with E-state index in [1.54, 1.807) is 60.7 Å². The second kappa shape index (κ2) is 5.99. The smallest absolute Gasteiger partial charge is 0.357 e. The maximum atomic E-state index is 13.0. The topological polar surface area (TPSA) is 101 Å². The lowest BCUT2D eigenvalue weighted by Crippen LogP contribution is -2.54. The first-order chi connectivity index (χ1) is 11.5. The second-order valence-electron chi connectivity index (χ2n) is 5.50. The van der Waals surface area contributed by atoms with Gasteiger partial charge in [0.15, 0.2) is 11.9 Å². The van der Waals surface area contributed by atoms with Gasteiger partial charge in [0.05, 0.1) is 5.92 Å². The summed E-state index contributed by atoms with van der Waals surface area (Å²) in [6.45, 7) is 0. The zero-order chi connectivity index (χ0) is 17.3. The Morgan fingerprint density at radius 3 is 1.79 bits per heavy atom. The molecule has 2 aromatic carbocycles. The SMILES string of the molecule is O=C1OC(=O)C(O)(C(=O)C(c2ccccc2)c2ccccc2)C1O. The van der Waals surface area contributed by atoms with E-state index in [0.29, 0.717) is 11.1 Å². The lowest BCUT2D eigenvalue weighted by molar-refractivity contribution is -0.164. The van der Waals surface area contributed by atoms with Crippen LogP contribution in [0.1, 0.15) is 17.0 Å². The maximum absolute atomic E-state index is 13.0. The molecule has 0 spiro atoms. The number of hydrogen-bond acceptors (Lipinski definition) is 6. The molecule has 0 amide bonds. The molecule has 1 fully saturated rings. The fourth-order valence-electron chi connectivity index (χ4n) is 2.75. The highest BCUT2D eigenvalue weighted by Crippen LogP contribution is 2.34. The first-order valence-corrected chi connectivity index (χ1v) is 7.27. The molecule has 0 bridgehead atoms. The first kappa shape index (κ1) is 16.0. The lowest BCUT2D eigenvalue weighted by Gasteiger charge is -2.25. The quantitative estimate of drug-likeness (QED) is 0.629. The number of aliphatic hydroxyl groups excluding tert-OH is 1. The summed E-state index contributed by atoms with van der Waals surface area (Å²) in [4.78, 5) is 36.2. The highest BCUT2D eigenvalue weighted by molar-refractivity contribution is 6.20. The van der Waals surface area contributed by atoms with Gasteiger partial charge in [-0.25, -0.2) is 9.59 Å². The number of esters is 2. The van der Waals surface area contributed by atoms with Gasteiger partial charge in [0.2, 0.25) is 0 Å². The third-order valence-corrected chi connectivity index (χ3v) is 4.03. The summed E-state index contributed by atoms with van der Waals surface area (Å²) in [7, 11) is 0. The van der Waals surface area contributed by atoms with Crippen LogP contribution in [0.2, 0.25) is 0 Å². The van der Waals surface area contributed by atoms with E-state index in [1.165, 1.54) is 0 Å². The summed E-state index contributed by atoms with van der Waals surface area (Å²) in [5, 5.41) is 20.3. The van der Waals surface area contributed by atoms with Crippen LogP contribution in [-0.2, 0) is 19.1 Å². The Morgan fingerprint density at radius 1 is 0.958 bits per heavy atom. The summed E-state index contributed by atoms with van der Waals surface area (Å²) in [5.74, 6) is -4.84. The van der Waals surface area contributed by atoms with E-state index in [4.69, 9.17) is 0 Å². The highest BCUT2D eigenvalue weighted by Gasteiger charge is 2.63. The fourth-order valence-corrected chi connectivity index (χ4v) is 2.75. The number of carbonyl (C=O) groups is 3. The zero-order valence-corrected chi connectivity index (χ0v) is 12.5. The number of carbonyl (C=O) groups excluding carboxylic acids is 3. The van der Waals surface area contributed by atoms with Crippen molar-refractivity contribution in [2.24, 2.45) is 0 Å². The van der Waals surface area contributed by atoms with Crippen molar-refractivity contribution in [3.8, 4) is 0 Å². The van der Waals surface area contributed by atoms with Crippen LogP contribution < -0.4 is 0 Å². The van der Waals surface area contributed by atoms with Crippen LogP contribution in [0.3, 0.4) is 0 Å². The molecule has 2 N–H and O–H groups in total. The van der Waals surface area contributed by atoms with E-state index >= 15 is 0 Å². The average Bonchev–Trinajstić information content (AvgIpc) is 2.81. The molecule has 0 aromatic heterocycles. The van der Waals surface area contributed by atoms with Crippen LogP contribution in [0.15, 0.2) is 60.7 Å². The van der Waals surface area contributed by atoms with Crippen molar-refractivity contribution in [2.45, 2.75) is 17.6 Å². The summed E-state index contributed by atoms with van der Waals surface area (Å²) < 4.78 is 4.23. The van der Waals surface area contributed by atoms with E-state index in [2.05, 4.69) is 4.74 Å². The Kier molecular flexibility index (Phi) is 4.01. The molecule has 6 nitrogen and oxygen atoms in total. The van der Waals surface area contributed by atoms with Crippen molar-refractivity contribution in [2.75, 3.05) is 0 Å². The molecule has 1 saturated heterocycles. The lowest BCUT2D eigenvalue weighted by atomic mass is 9.78. The minimum absolute atomic E-state index is 0.515. The molecule has 1 heterocycles. The number of rotatable bonds is 4. The fraction of sp³-hybridized carbons (Fsp3) is 0.167. The number of ketones is 1. The van der Waals surface area contributed by atoms with E-state index in [9.17, 15) is 24.6 Å². The van der Waals surface area contributed by atoms with Crippen molar-refractivity contribution >= 4 is 17.7 Å². The molecule has 6 heteroatoms. The number of aliphatic hydroxyl groups is 2. The summed E-state index contributed by atoms with van der Waals surface area (Å²) in [6.07, 6.45) is -2.24. The molecule has 2 atom stereocenters. The molecule has 24 heavy (non-hydrogen) atoms. The molecular weight excluding hydrogens is 312 g/mol. The minimum Gasteiger partial charge on any atom is -0.388 e. The van der Waals surface area contributed by atoms with Gasteiger partial charge in [-0.3, -0.25) is 4.79 Å². The zero-order valence-electron chi connectivity index (χ0n) is 12.5. The van der Waals surface area contributed by atoms with Gasteiger partial charge in [0.1, 0.15) is 0 Å². The molecule has 122 valence electrons. The second-order valence-corrected chi connectivity index (χ2v) is 5.50. The van der Waals surface area contributed by atoms with E-state index in [0.717, 1.165) is 0 Å². The predicted octanol–water partition coefficient (Wildman–Crippen LogP) is 0.563. The molecule has 2 unspecified atom stereocenters. The Balaban J connectivity index is 2.11. The van der Waals surface area contributed by atoms with Crippen LogP contribution in [0.25, 0.3) is 0 Å². The number of ether oxygens (including phenoxy) is 1. The third kappa shape index (κ3) is 2.42. The Bertz CT molecular complexity index is 746. The minimum atomic E-state index is -2.92. The summed E-state index contributed by atoms with van der Waals surface area (Å²) in [6, 6.07) is 17.0. The van der Waals surface area contributed by atoms with Crippen molar-refractivity contribution in [3.05, 3.63) is 71.8 Å².